The molecule has 1 atom stereocenters. The van der Waals surface area contributed by atoms with Gasteiger partial charge in [0, 0.05) is 23.0 Å². The smallest absolute Gasteiger partial charge is 0.192 e. The van der Waals surface area contributed by atoms with Crippen molar-refractivity contribution in [2.75, 3.05) is 0 Å². The highest BCUT2D eigenvalue weighted by atomic mass is 35.5. The summed E-state index contributed by atoms with van der Waals surface area (Å²) in [5.41, 5.74) is 2.16. The summed E-state index contributed by atoms with van der Waals surface area (Å²) in [6.45, 7) is 6.71. The Morgan fingerprint density at radius 2 is 1.48 bits per heavy atom. The number of hydrogen-bond donors (Lipinski definition) is 0. The van der Waals surface area contributed by atoms with Gasteiger partial charge in [0.2, 0.25) is 0 Å². The summed E-state index contributed by atoms with van der Waals surface area (Å²) in [6, 6.07) is 11.3. The van der Waals surface area contributed by atoms with Gasteiger partial charge in [0.05, 0.1) is 16.1 Å². The van der Waals surface area contributed by atoms with Crippen molar-refractivity contribution in [2.45, 2.75) is 64.3 Å². The third kappa shape index (κ3) is 6.20. The molecule has 0 fully saturated rings. The molecule has 1 unspecified atom stereocenters. The van der Waals surface area contributed by atoms with Crippen LogP contribution in [0.25, 0.3) is 0 Å². The first kappa shape index (κ1) is 22.7. The van der Waals surface area contributed by atoms with Gasteiger partial charge >= 0.3 is 0 Å². The standard InChI is InChI=1S/C21H28Cl3NOSi/c1-4-27(5-2,6-3)26-20(21-18(23)14-25-15-19(21)24)9-7-8-16-10-12-17(22)13-11-16/h10-15,20H,4-9H2,1-3H3. The summed E-state index contributed by atoms with van der Waals surface area (Å²) in [5, 5.41) is 1.94. The number of halogens is 3. The number of pyridine rings is 1. The summed E-state index contributed by atoms with van der Waals surface area (Å²) in [5.74, 6) is 0. The number of hydrogen-bond acceptors (Lipinski definition) is 2. The van der Waals surface area contributed by atoms with Gasteiger partial charge in [0.1, 0.15) is 0 Å². The van der Waals surface area contributed by atoms with Crippen molar-refractivity contribution in [3.05, 3.63) is 62.9 Å². The van der Waals surface area contributed by atoms with Crippen molar-refractivity contribution < 1.29 is 4.43 Å². The van der Waals surface area contributed by atoms with Crippen LogP contribution in [0.2, 0.25) is 33.2 Å². The highest BCUT2D eigenvalue weighted by molar-refractivity contribution is 6.73. The van der Waals surface area contributed by atoms with Gasteiger partial charge in [0.15, 0.2) is 8.32 Å². The molecule has 2 aromatic rings. The zero-order valence-corrected chi connectivity index (χ0v) is 19.5. The third-order valence-corrected chi connectivity index (χ3v) is 10.9. The first-order valence-corrected chi connectivity index (χ1v) is 13.3. The van der Waals surface area contributed by atoms with Gasteiger partial charge in [-0.25, -0.2) is 0 Å². The van der Waals surface area contributed by atoms with Crippen molar-refractivity contribution in [1.82, 2.24) is 4.98 Å². The molecule has 0 spiro atoms. The van der Waals surface area contributed by atoms with Crippen LogP contribution in [0.5, 0.6) is 0 Å². The lowest BCUT2D eigenvalue weighted by atomic mass is 10.0. The van der Waals surface area contributed by atoms with Crippen molar-refractivity contribution >= 4 is 43.1 Å². The molecule has 0 radical (unpaired) electrons. The summed E-state index contributed by atoms with van der Waals surface area (Å²) in [7, 11) is -1.80. The summed E-state index contributed by atoms with van der Waals surface area (Å²) >= 11 is 18.9. The largest absolute Gasteiger partial charge is 0.410 e. The second-order valence-electron chi connectivity index (χ2n) is 6.89. The second kappa shape index (κ2) is 10.8. The molecule has 0 N–H and O–H groups in total. The number of benzene rings is 1. The Morgan fingerprint density at radius 1 is 0.926 bits per heavy atom. The topological polar surface area (TPSA) is 22.1 Å². The lowest BCUT2D eigenvalue weighted by Gasteiger charge is -2.34. The zero-order chi connectivity index (χ0) is 19.9. The SMILES string of the molecule is CC[Si](CC)(CC)OC(CCCc1ccc(Cl)cc1)c1c(Cl)cncc1Cl. The zero-order valence-electron chi connectivity index (χ0n) is 16.3. The van der Waals surface area contributed by atoms with E-state index in [9.17, 15) is 0 Å². The lowest BCUT2D eigenvalue weighted by Crippen LogP contribution is -2.37. The number of rotatable bonds is 10. The highest BCUT2D eigenvalue weighted by Crippen LogP contribution is 2.38. The van der Waals surface area contributed by atoms with E-state index in [1.807, 2.05) is 12.1 Å². The van der Waals surface area contributed by atoms with Gasteiger partial charge < -0.3 is 4.43 Å². The van der Waals surface area contributed by atoms with E-state index in [1.54, 1.807) is 12.4 Å². The normalized spacial score (nSPS) is 13.0. The molecule has 2 rings (SSSR count). The van der Waals surface area contributed by atoms with Crippen LogP contribution in [0.4, 0.5) is 0 Å². The highest BCUT2D eigenvalue weighted by Gasteiger charge is 2.33. The molecule has 1 heterocycles. The summed E-state index contributed by atoms with van der Waals surface area (Å²) < 4.78 is 6.81. The fraction of sp³-hybridized carbons (Fsp3) is 0.476. The van der Waals surface area contributed by atoms with Crippen LogP contribution in [0.1, 0.15) is 50.8 Å². The number of aryl methyl sites for hydroxylation is 1. The van der Waals surface area contributed by atoms with Crippen molar-refractivity contribution in [3.8, 4) is 0 Å². The minimum atomic E-state index is -1.80. The van der Waals surface area contributed by atoms with Gasteiger partial charge in [0.25, 0.3) is 0 Å². The van der Waals surface area contributed by atoms with Crippen LogP contribution < -0.4 is 0 Å². The Morgan fingerprint density at radius 3 is 2.00 bits per heavy atom. The number of nitrogens with zero attached hydrogens (tertiary/aromatic N) is 1. The third-order valence-electron chi connectivity index (χ3n) is 5.38. The predicted octanol–water partition coefficient (Wildman–Crippen LogP) is 8.13. The molecule has 0 aliphatic rings. The summed E-state index contributed by atoms with van der Waals surface area (Å²) in [6.07, 6.45) is 6.06. The number of aromatic nitrogens is 1. The van der Waals surface area contributed by atoms with Gasteiger partial charge in [-0.15, -0.1) is 0 Å². The molecular formula is C21H28Cl3NOSi. The molecule has 6 heteroatoms. The van der Waals surface area contributed by atoms with Crippen molar-refractivity contribution in [3.63, 3.8) is 0 Å². The maximum absolute atomic E-state index is 6.81. The molecule has 148 valence electrons. The van der Waals surface area contributed by atoms with Gasteiger partial charge in [-0.05, 0) is 55.1 Å². The van der Waals surface area contributed by atoms with Gasteiger partial charge in [-0.1, -0.05) is 67.7 Å². The maximum Gasteiger partial charge on any atom is 0.192 e. The lowest BCUT2D eigenvalue weighted by molar-refractivity contribution is 0.176. The molecule has 0 aliphatic carbocycles. The van der Waals surface area contributed by atoms with E-state index < -0.39 is 8.32 Å². The van der Waals surface area contributed by atoms with Crippen molar-refractivity contribution in [2.24, 2.45) is 0 Å². The van der Waals surface area contributed by atoms with Crippen LogP contribution in [-0.2, 0) is 10.8 Å². The minimum Gasteiger partial charge on any atom is -0.410 e. The molecule has 0 saturated heterocycles. The molecule has 27 heavy (non-hydrogen) atoms. The maximum atomic E-state index is 6.81. The van der Waals surface area contributed by atoms with E-state index in [4.69, 9.17) is 39.2 Å². The minimum absolute atomic E-state index is 0.0909. The second-order valence-corrected chi connectivity index (χ2v) is 12.9. The van der Waals surface area contributed by atoms with E-state index in [0.29, 0.717) is 10.0 Å². The Hall–Kier alpha value is -0.583. The van der Waals surface area contributed by atoms with Gasteiger partial charge in [-0.3, -0.25) is 4.98 Å². The monoisotopic (exact) mass is 443 g/mol. The van der Waals surface area contributed by atoms with Gasteiger partial charge in [-0.2, -0.15) is 0 Å². The first-order valence-electron chi connectivity index (χ1n) is 9.65. The molecule has 1 aromatic heterocycles. The van der Waals surface area contributed by atoms with E-state index >= 15 is 0 Å². The van der Waals surface area contributed by atoms with Crippen LogP contribution in [-0.4, -0.2) is 13.3 Å². The predicted molar refractivity (Wildman–Crippen MR) is 120 cm³/mol. The van der Waals surface area contributed by atoms with E-state index in [-0.39, 0.29) is 6.10 Å². The summed E-state index contributed by atoms with van der Waals surface area (Å²) in [4.78, 5) is 4.10. The van der Waals surface area contributed by atoms with Crippen LogP contribution in [0.15, 0.2) is 36.7 Å². The van der Waals surface area contributed by atoms with E-state index in [2.05, 4.69) is 37.9 Å². The Kier molecular flexibility index (Phi) is 9.10. The average Bonchev–Trinajstić information content (AvgIpc) is 2.67. The van der Waals surface area contributed by atoms with Crippen molar-refractivity contribution in [1.29, 1.82) is 0 Å². The Labute approximate surface area is 179 Å². The van der Waals surface area contributed by atoms with Crippen LogP contribution >= 0.6 is 34.8 Å². The first-order chi connectivity index (χ1) is 12.9. The Bertz CT molecular complexity index is 691. The molecule has 0 amide bonds. The molecule has 1 aromatic carbocycles. The Balaban J connectivity index is 2.20. The quantitative estimate of drug-likeness (QED) is 0.345. The van der Waals surface area contributed by atoms with Crippen LogP contribution in [0, 0.1) is 0 Å². The molecular weight excluding hydrogens is 417 g/mol. The van der Waals surface area contributed by atoms with Crippen LogP contribution in [0.3, 0.4) is 0 Å². The fourth-order valence-electron chi connectivity index (χ4n) is 3.44. The fourth-order valence-corrected chi connectivity index (χ4v) is 7.01. The molecule has 0 saturated carbocycles. The van der Waals surface area contributed by atoms with E-state index in [0.717, 1.165) is 48.0 Å². The molecule has 0 bridgehead atoms. The molecule has 0 aliphatic heterocycles. The van der Waals surface area contributed by atoms with E-state index in [1.165, 1.54) is 5.56 Å². The average molecular weight is 445 g/mol. The molecule has 2 nitrogen and oxygen atoms in total.